The molecule has 0 saturated carbocycles. The predicted octanol–water partition coefficient (Wildman–Crippen LogP) is 2.86. The van der Waals surface area contributed by atoms with E-state index in [-0.39, 0.29) is 11.4 Å². The number of methoxy groups -OCH3 is 1. The molecule has 0 fully saturated rings. The van der Waals surface area contributed by atoms with Crippen LogP contribution < -0.4 is 4.74 Å². The lowest BCUT2D eigenvalue weighted by atomic mass is 10.1. The Labute approximate surface area is 91.4 Å². The number of nitro groups is 1. The SMILES string of the molecule is COc1ccc(-c2ccoc2)cc1[N+](=O)[O-]. The highest BCUT2D eigenvalue weighted by Gasteiger charge is 2.15. The second-order valence-corrected chi connectivity index (χ2v) is 3.16. The van der Waals surface area contributed by atoms with Crippen LogP contribution in [0.15, 0.2) is 41.2 Å². The molecular weight excluding hydrogens is 210 g/mol. The highest BCUT2D eigenvalue weighted by molar-refractivity contribution is 5.67. The minimum absolute atomic E-state index is 0.0544. The van der Waals surface area contributed by atoms with Gasteiger partial charge < -0.3 is 9.15 Å². The summed E-state index contributed by atoms with van der Waals surface area (Å²) in [5.41, 5.74) is 1.47. The Bertz CT molecular complexity index is 505. The molecule has 1 aromatic carbocycles. The monoisotopic (exact) mass is 219 g/mol. The minimum Gasteiger partial charge on any atom is -0.490 e. The quantitative estimate of drug-likeness (QED) is 0.588. The fourth-order valence-corrected chi connectivity index (χ4v) is 1.44. The third-order valence-corrected chi connectivity index (χ3v) is 2.23. The number of benzene rings is 1. The zero-order chi connectivity index (χ0) is 11.5. The number of nitro benzene ring substituents is 1. The smallest absolute Gasteiger partial charge is 0.311 e. The van der Waals surface area contributed by atoms with Gasteiger partial charge in [-0.3, -0.25) is 10.1 Å². The molecule has 0 aliphatic carbocycles. The van der Waals surface area contributed by atoms with Crippen LogP contribution in [-0.2, 0) is 0 Å². The van der Waals surface area contributed by atoms with Crippen molar-refractivity contribution in [1.29, 1.82) is 0 Å². The first kappa shape index (κ1) is 10.2. The molecule has 0 amide bonds. The van der Waals surface area contributed by atoms with Crippen molar-refractivity contribution in [2.24, 2.45) is 0 Å². The zero-order valence-electron chi connectivity index (χ0n) is 8.54. The summed E-state index contributed by atoms with van der Waals surface area (Å²) in [5.74, 6) is 0.247. The van der Waals surface area contributed by atoms with Gasteiger partial charge in [-0.25, -0.2) is 0 Å². The molecule has 0 aliphatic heterocycles. The normalized spacial score (nSPS) is 10.1. The Kier molecular flexibility index (Phi) is 2.59. The average Bonchev–Trinajstić information content (AvgIpc) is 2.81. The van der Waals surface area contributed by atoms with Gasteiger partial charge in [-0.1, -0.05) is 6.07 Å². The number of hydrogen-bond donors (Lipinski definition) is 0. The predicted molar refractivity (Wildman–Crippen MR) is 57.4 cm³/mol. The Morgan fingerprint density at radius 2 is 2.12 bits per heavy atom. The maximum atomic E-state index is 10.8. The molecule has 0 N–H and O–H groups in total. The van der Waals surface area contributed by atoms with E-state index in [1.807, 2.05) is 0 Å². The topological polar surface area (TPSA) is 65.5 Å². The molecule has 0 radical (unpaired) electrons. The van der Waals surface area contributed by atoms with Crippen LogP contribution in [0.2, 0.25) is 0 Å². The van der Waals surface area contributed by atoms with Gasteiger partial charge in [-0.2, -0.15) is 0 Å². The van der Waals surface area contributed by atoms with Gasteiger partial charge in [-0.05, 0) is 17.7 Å². The summed E-state index contributed by atoms with van der Waals surface area (Å²) in [6, 6.07) is 6.52. The van der Waals surface area contributed by atoms with Crippen LogP contribution in [0.25, 0.3) is 11.1 Å². The van der Waals surface area contributed by atoms with Crippen LogP contribution in [0.1, 0.15) is 0 Å². The van der Waals surface area contributed by atoms with Gasteiger partial charge in [-0.15, -0.1) is 0 Å². The van der Waals surface area contributed by atoms with Crippen molar-refractivity contribution in [3.05, 3.63) is 46.9 Å². The lowest BCUT2D eigenvalue weighted by Gasteiger charge is -2.03. The second kappa shape index (κ2) is 4.06. The van der Waals surface area contributed by atoms with Crippen LogP contribution in [-0.4, -0.2) is 12.0 Å². The second-order valence-electron chi connectivity index (χ2n) is 3.16. The van der Waals surface area contributed by atoms with E-state index in [9.17, 15) is 10.1 Å². The molecule has 0 bridgehead atoms. The van der Waals surface area contributed by atoms with Crippen molar-refractivity contribution in [1.82, 2.24) is 0 Å². The first-order valence-electron chi connectivity index (χ1n) is 4.57. The fraction of sp³-hybridized carbons (Fsp3) is 0.0909. The molecule has 2 aromatic rings. The van der Waals surface area contributed by atoms with Crippen LogP contribution in [0.5, 0.6) is 5.75 Å². The average molecular weight is 219 g/mol. The summed E-state index contributed by atoms with van der Waals surface area (Å²) < 4.78 is 9.84. The first-order valence-corrected chi connectivity index (χ1v) is 4.57. The Hall–Kier alpha value is -2.30. The molecule has 0 saturated heterocycles. The molecule has 1 aromatic heterocycles. The number of rotatable bonds is 3. The van der Waals surface area contributed by atoms with Crippen molar-refractivity contribution in [2.45, 2.75) is 0 Å². The van der Waals surface area contributed by atoms with Gasteiger partial charge in [0.15, 0.2) is 5.75 Å². The maximum absolute atomic E-state index is 10.8. The molecule has 0 unspecified atom stereocenters. The fourth-order valence-electron chi connectivity index (χ4n) is 1.44. The molecular formula is C11H9NO4. The standard InChI is InChI=1S/C11H9NO4/c1-15-11-3-2-8(6-10(11)12(13)14)9-4-5-16-7-9/h2-7H,1H3. The third kappa shape index (κ3) is 1.75. The third-order valence-electron chi connectivity index (χ3n) is 2.23. The van der Waals surface area contributed by atoms with Crippen LogP contribution in [0.3, 0.4) is 0 Å². The lowest BCUT2D eigenvalue weighted by Crippen LogP contribution is -1.93. The highest BCUT2D eigenvalue weighted by atomic mass is 16.6. The van der Waals surface area contributed by atoms with E-state index >= 15 is 0 Å². The van der Waals surface area contributed by atoms with E-state index in [1.54, 1.807) is 18.2 Å². The van der Waals surface area contributed by atoms with E-state index in [2.05, 4.69) is 0 Å². The van der Waals surface area contributed by atoms with Gasteiger partial charge in [0.2, 0.25) is 0 Å². The highest BCUT2D eigenvalue weighted by Crippen LogP contribution is 2.32. The van der Waals surface area contributed by atoms with Crippen molar-refractivity contribution in [3.63, 3.8) is 0 Å². The summed E-state index contributed by atoms with van der Waals surface area (Å²) in [6.07, 6.45) is 3.05. The van der Waals surface area contributed by atoms with Crippen LogP contribution in [0.4, 0.5) is 5.69 Å². The van der Waals surface area contributed by atoms with Gasteiger partial charge in [0.05, 0.1) is 24.6 Å². The van der Waals surface area contributed by atoms with Crippen LogP contribution >= 0.6 is 0 Å². The van der Waals surface area contributed by atoms with Gasteiger partial charge in [0.1, 0.15) is 0 Å². The summed E-state index contributed by atoms with van der Waals surface area (Å²) in [7, 11) is 1.40. The van der Waals surface area contributed by atoms with Crippen molar-refractivity contribution in [3.8, 4) is 16.9 Å². The number of furan rings is 1. The zero-order valence-corrected chi connectivity index (χ0v) is 8.54. The van der Waals surface area contributed by atoms with Gasteiger partial charge >= 0.3 is 5.69 Å². The molecule has 1 heterocycles. The molecule has 82 valence electrons. The molecule has 0 spiro atoms. The van der Waals surface area contributed by atoms with Gasteiger partial charge in [0.25, 0.3) is 0 Å². The number of hydrogen-bond acceptors (Lipinski definition) is 4. The van der Waals surface area contributed by atoms with Gasteiger partial charge in [0, 0.05) is 11.6 Å². The molecule has 5 heteroatoms. The summed E-state index contributed by atoms with van der Waals surface area (Å²) in [4.78, 5) is 10.3. The minimum atomic E-state index is -0.470. The van der Waals surface area contributed by atoms with E-state index in [0.717, 1.165) is 11.1 Å². The molecule has 0 aliphatic rings. The van der Waals surface area contributed by atoms with Crippen molar-refractivity contribution in [2.75, 3.05) is 7.11 Å². The van der Waals surface area contributed by atoms with Crippen LogP contribution in [0, 0.1) is 10.1 Å². The summed E-state index contributed by atoms with van der Waals surface area (Å²) in [5, 5.41) is 10.8. The molecule has 2 rings (SSSR count). The first-order chi connectivity index (χ1) is 7.72. The Morgan fingerprint density at radius 1 is 1.31 bits per heavy atom. The Balaban J connectivity index is 2.51. The summed E-state index contributed by atoms with van der Waals surface area (Å²) >= 11 is 0. The van der Waals surface area contributed by atoms with E-state index < -0.39 is 4.92 Å². The Morgan fingerprint density at radius 3 is 2.69 bits per heavy atom. The number of ether oxygens (including phenoxy) is 1. The lowest BCUT2D eigenvalue weighted by molar-refractivity contribution is -0.385. The van der Waals surface area contributed by atoms with Crippen molar-refractivity contribution < 1.29 is 14.1 Å². The van der Waals surface area contributed by atoms with E-state index in [4.69, 9.17) is 9.15 Å². The number of nitrogens with zero attached hydrogens (tertiary/aromatic N) is 1. The van der Waals surface area contributed by atoms with E-state index in [0.29, 0.717) is 0 Å². The molecule has 0 atom stereocenters. The summed E-state index contributed by atoms with van der Waals surface area (Å²) in [6.45, 7) is 0. The molecule has 5 nitrogen and oxygen atoms in total. The van der Waals surface area contributed by atoms with Crippen molar-refractivity contribution >= 4 is 5.69 Å². The largest absolute Gasteiger partial charge is 0.490 e. The maximum Gasteiger partial charge on any atom is 0.311 e. The molecule has 16 heavy (non-hydrogen) atoms. The van der Waals surface area contributed by atoms with E-state index in [1.165, 1.54) is 25.7 Å².